The Morgan fingerprint density at radius 1 is 1.19 bits per heavy atom. The molecule has 2 aliphatic heterocycles. The number of oxime groups is 1. The second-order valence-electron chi connectivity index (χ2n) is 7.74. The van der Waals surface area contributed by atoms with Gasteiger partial charge < -0.3 is 19.6 Å². The van der Waals surface area contributed by atoms with E-state index in [1.807, 2.05) is 0 Å². The van der Waals surface area contributed by atoms with E-state index in [0.717, 1.165) is 6.07 Å². The number of ether oxygens (including phenoxy) is 2. The molecule has 0 fully saturated rings. The molecule has 0 saturated heterocycles. The van der Waals surface area contributed by atoms with E-state index >= 15 is 0 Å². The molecule has 1 aromatic rings. The molecular formula is C22H25F3N2O5. The first-order chi connectivity index (χ1) is 15.0. The summed E-state index contributed by atoms with van der Waals surface area (Å²) in [7, 11) is 0. The molecule has 0 saturated carbocycles. The third kappa shape index (κ3) is 4.18. The molecule has 0 unspecified atom stereocenters. The van der Waals surface area contributed by atoms with Crippen LogP contribution < -0.4 is 5.32 Å². The largest absolute Gasteiger partial charge is 0.463 e. The molecule has 0 bridgehead atoms. The van der Waals surface area contributed by atoms with Gasteiger partial charge in [0.15, 0.2) is 5.71 Å². The number of benzene rings is 1. The number of carbonyl (C=O) groups excluding carboxylic acids is 2. The van der Waals surface area contributed by atoms with Crippen LogP contribution in [-0.2, 0) is 30.1 Å². The second kappa shape index (κ2) is 8.84. The van der Waals surface area contributed by atoms with Crippen LogP contribution >= 0.6 is 0 Å². The third-order valence-corrected chi connectivity index (χ3v) is 5.45. The Morgan fingerprint density at radius 2 is 1.88 bits per heavy atom. The van der Waals surface area contributed by atoms with Crippen LogP contribution in [-0.4, -0.2) is 36.6 Å². The molecule has 0 amide bonds. The molecule has 174 valence electrons. The number of alkyl halides is 3. The van der Waals surface area contributed by atoms with E-state index in [2.05, 4.69) is 10.5 Å². The van der Waals surface area contributed by atoms with Crippen molar-refractivity contribution in [3.63, 3.8) is 0 Å². The number of esters is 2. The zero-order chi connectivity index (χ0) is 23.7. The Bertz CT molecular complexity index is 973. The Balaban J connectivity index is 2.24. The first kappa shape index (κ1) is 23.6. The molecule has 0 spiro atoms. The first-order valence-electron chi connectivity index (χ1n) is 10.3. The lowest BCUT2D eigenvalue weighted by Gasteiger charge is -2.42. The Morgan fingerprint density at radius 3 is 2.50 bits per heavy atom. The van der Waals surface area contributed by atoms with Crippen molar-refractivity contribution in [2.75, 3.05) is 13.2 Å². The van der Waals surface area contributed by atoms with Gasteiger partial charge in [0.25, 0.3) is 0 Å². The molecule has 2 aliphatic rings. The van der Waals surface area contributed by atoms with Crippen molar-refractivity contribution < 1.29 is 37.1 Å². The van der Waals surface area contributed by atoms with Crippen molar-refractivity contribution in [1.82, 2.24) is 5.32 Å². The molecule has 3 rings (SSSR count). The van der Waals surface area contributed by atoms with Crippen LogP contribution in [0.1, 0.15) is 51.2 Å². The molecule has 1 aromatic carbocycles. The highest BCUT2D eigenvalue weighted by molar-refractivity contribution is 6.38. The molecule has 3 atom stereocenters. The summed E-state index contributed by atoms with van der Waals surface area (Å²) in [5.41, 5.74) is -2.40. The number of halogens is 3. The van der Waals surface area contributed by atoms with Gasteiger partial charge in [0.1, 0.15) is 0 Å². The standard InChI is InChI=1S/C22H25F3N2O5/c1-5-11-31-20(29)18-17-16(13-9-7-8-10-14(13)22(23,24)25)15(19(28)30-6-2)12(3)26-21(17,4)32-27-18/h7-10,16-17,26H,5-6,11H2,1-4H3/t16-,17-,21+/m0/s1. The maximum Gasteiger partial charge on any atom is 0.416 e. The van der Waals surface area contributed by atoms with E-state index in [-0.39, 0.29) is 35.8 Å². The highest BCUT2D eigenvalue weighted by Gasteiger charge is 2.58. The van der Waals surface area contributed by atoms with E-state index in [0.29, 0.717) is 6.42 Å². The molecule has 7 nitrogen and oxygen atoms in total. The fourth-order valence-electron chi connectivity index (χ4n) is 4.22. The summed E-state index contributed by atoms with van der Waals surface area (Å²) >= 11 is 0. The predicted molar refractivity (Wildman–Crippen MR) is 108 cm³/mol. The average molecular weight is 454 g/mol. The summed E-state index contributed by atoms with van der Waals surface area (Å²) in [4.78, 5) is 31.1. The summed E-state index contributed by atoms with van der Waals surface area (Å²) in [6.07, 6.45) is -4.14. The van der Waals surface area contributed by atoms with Gasteiger partial charge in [0, 0.05) is 11.6 Å². The smallest absolute Gasteiger partial charge is 0.416 e. The minimum atomic E-state index is -4.69. The van der Waals surface area contributed by atoms with E-state index in [1.165, 1.54) is 18.2 Å². The average Bonchev–Trinajstić information content (AvgIpc) is 3.07. The normalized spacial score (nSPS) is 24.8. The summed E-state index contributed by atoms with van der Waals surface area (Å²) in [6, 6.07) is 4.95. The molecule has 10 heteroatoms. The number of hydrogen-bond donors (Lipinski definition) is 1. The van der Waals surface area contributed by atoms with Crippen LogP contribution in [0, 0.1) is 5.92 Å². The van der Waals surface area contributed by atoms with E-state index in [4.69, 9.17) is 14.3 Å². The quantitative estimate of drug-likeness (QED) is 0.657. The van der Waals surface area contributed by atoms with Crippen LogP contribution in [0.5, 0.6) is 0 Å². The minimum absolute atomic E-state index is 0.0208. The summed E-state index contributed by atoms with van der Waals surface area (Å²) in [5, 5.41) is 6.86. The predicted octanol–water partition coefficient (Wildman–Crippen LogP) is 3.90. The number of hydrogen-bond acceptors (Lipinski definition) is 7. The van der Waals surface area contributed by atoms with Crippen molar-refractivity contribution in [3.05, 3.63) is 46.7 Å². The minimum Gasteiger partial charge on any atom is -0.463 e. The van der Waals surface area contributed by atoms with E-state index in [9.17, 15) is 22.8 Å². The van der Waals surface area contributed by atoms with Crippen molar-refractivity contribution >= 4 is 17.7 Å². The highest BCUT2D eigenvalue weighted by Crippen LogP contribution is 2.50. The summed E-state index contributed by atoms with van der Waals surface area (Å²) < 4.78 is 52.2. The third-order valence-electron chi connectivity index (χ3n) is 5.45. The van der Waals surface area contributed by atoms with Gasteiger partial charge in [-0.2, -0.15) is 13.2 Å². The lowest BCUT2D eigenvalue weighted by atomic mass is 9.69. The molecule has 32 heavy (non-hydrogen) atoms. The highest BCUT2D eigenvalue weighted by atomic mass is 19.4. The monoisotopic (exact) mass is 454 g/mol. The molecular weight excluding hydrogens is 429 g/mol. The number of nitrogens with zero attached hydrogens (tertiary/aromatic N) is 1. The molecule has 0 aromatic heterocycles. The summed E-state index contributed by atoms with van der Waals surface area (Å²) in [5.74, 6) is -3.87. The number of allylic oxidation sites excluding steroid dienone is 1. The van der Waals surface area contributed by atoms with Crippen molar-refractivity contribution in [2.45, 2.75) is 51.9 Å². The van der Waals surface area contributed by atoms with E-state index < -0.39 is 41.2 Å². The van der Waals surface area contributed by atoms with Crippen molar-refractivity contribution in [1.29, 1.82) is 0 Å². The number of nitrogens with one attached hydrogen (secondary N) is 1. The topological polar surface area (TPSA) is 86.2 Å². The van der Waals surface area contributed by atoms with Gasteiger partial charge in [-0.3, -0.25) is 0 Å². The fraction of sp³-hybridized carbons (Fsp3) is 0.500. The van der Waals surface area contributed by atoms with Crippen molar-refractivity contribution in [2.24, 2.45) is 11.1 Å². The van der Waals surface area contributed by atoms with Gasteiger partial charge in [-0.25, -0.2) is 9.59 Å². The molecule has 0 radical (unpaired) electrons. The second-order valence-corrected chi connectivity index (χ2v) is 7.74. The Kier molecular flexibility index (Phi) is 6.52. The lowest BCUT2D eigenvalue weighted by Crippen LogP contribution is -2.56. The van der Waals surface area contributed by atoms with Gasteiger partial charge in [0.05, 0.1) is 30.3 Å². The maximum absolute atomic E-state index is 13.9. The van der Waals surface area contributed by atoms with Crippen LogP contribution in [0.25, 0.3) is 0 Å². The SMILES string of the molecule is CCCOC(=O)C1=NO[C@@]2(C)NC(C)=C(C(=O)OCC)[C@H](c3ccccc3C(F)(F)F)[C@@H]12. The zero-order valence-corrected chi connectivity index (χ0v) is 18.2. The van der Waals surface area contributed by atoms with E-state index in [1.54, 1.807) is 27.7 Å². The van der Waals surface area contributed by atoms with Gasteiger partial charge in [-0.15, -0.1) is 0 Å². The Labute approximate surface area is 183 Å². The van der Waals surface area contributed by atoms with Crippen LogP contribution in [0.2, 0.25) is 0 Å². The van der Waals surface area contributed by atoms with Gasteiger partial charge in [-0.1, -0.05) is 30.3 Å². The van der Waals surface area contributed by atoms with Crippen LogP contribution in [0.15, 0.2) is 40.7 Å². The molecule has 0 aliphatic carbocycles. The van der Waals surface area contributed by atoms with Crippen molar-refractivity contribution in [3.8, 4) is 0 Å². The number of carbonyl (C=O) groups is 2. The van der Waals surface area contributed by atoms with Gasteiger partial charge in [0.2, 0.25) is 5.72 Å². The lowest BCUT2D eigenvalue weighted by molar-refractivity contribution is -0.142. The van der Waals surface area contributed by atoms with Crippen LogP contribution in [0.3, 0.4) is 0 Å². The summed E-state index contributed by atoms with van der Waals surface area (Å²) in [6.45, 7) is 6.66. The first-order valence-corrected chi connectivity index (χ1v) is 10.3. The maximum atomic E-state index is 13.9. The number of fused-ring (bicyclic) bond motifs is 1. The Hall–Kier alpha value is -3.04. The molecule has 1 N–H and O–H groups in total. The number of rotatable bonds is 6. The van der Waals surface area contributed by atoms with Crippen LogP contribution in [0.4, 0.5) is 13.2 Å². The molecule has 2 heterocycles. The zero-order valence-electron chi connectivity index (χ0n) is 18.2. The van der Waals surface area contributed by atoms with Gasteiger partial charge in [-0.05, 0) is 38.8 Å². The van der Waals surface area contributed by atoms with Gasteiger partial charge >= 0.3 is 18.1 Å². The fourth-order valence-corrected chi connectivity index (χ4v) is 4.22.